The molecule has 0 saturated carbocycles. The lowest BCUT2D eigenvalue weighted by Gasteiger charge is -2.17. The fourth-order valence-corrected chi connectivity index (χ4v) is 2.14. The highest BCUT2D eigenvalue weighted by molar-refractivity contribution is 5.87. The first-order valence-electron chi connectivity index (χ1n) is 7.53. The molecule has 8 nitrogen and oxygen atoms in total. The highest BCUT2D eigenvalue weighted by atomic mass is 19.4. The van der Waals surface area contributed by atoms with Gasteiger partial charge in [0.1, 0.15) is 5.56 Å². The van der Waals surface area contributed by atoms with Crippen LogP contribution in [-0.4, -0.2) is 29.7 Å². The molecule has 0 radical (unpaired) electrons. The fourth-order valence-electron chi connectivity index (χ4n) is 2.14. The Bertz CT molecular complexity index is 893. The third kappa shape index (κ3) is 5.06. The lowest BCUT2D eigenvalue weighted by Crippen LogP contribution is -2.28. The molecule has 2 rings (SSSR count). The summed E-state index contributed by atoms with van der Waals surface area (Å²) < 4.78 is 43.1. The first-order valence-corrected chi connectivity index (χ1v) is 7.53. The SMILES string of the molecule is CN(C(=O)OCCc1c[nH]c(=O)c(C(F)(F)F)c1)c1ccc([N+](=O)[O-])cc1. The van der Waals surface area contributed by atoms with Crippen molar-refractivity contribution in [3.8, 4) is 0 Å². The topological polar surface area (TPSA) is 106 Å². The molecule has 0 fully saturated rings. The molecule has 0 saturated heterocycles. The Labute approximate surface area is 150 Å². The molecule has 2 aromatic rings. The Hall–Kier alpha value is -3.37. The summed E-state index contributed by atoms with van der Waals surface area (Å²) in [5.74, 6) is 0. The van der Waals surface area contributed by atoms with E-state index in [2.05, 4.69) is 0 Å². The molecule has 0 aliphatic rings. The van der Waals surface area contributed by atoms with Crippen molar-refractivity contribution in [2.24, 2.45) is 0 Å². The van der Waals surface area contributed by atoms with E-state index < -0.39 is 28.3 Å². The number of hydrogen-bond donors (Lipinski definition) is 1. The molecule has 0 unspecified atom stereocenters. The van der Waals surface area contributed by atoms with Crippen LogP contribution in [0.2, 0.25) is 0 Å². The molecular formula is C16H14F3N3O5. The number of pyridine rings is 1. The molecule has 1 amide bonds. The molecule has 1 aromatic heterocycles. The van der Waals surface area contributed by atoms with E-state index >= 15 is 0 Å². The van der Waals surface area contributed by atoms with E-state index in [1.54, 1.807) is 0 Å². The Kier molecular flexibility index (Phi) is 5.83. The molecule has 144 valence electrons. The minimum atomic E-state index is -4.78. The Morgan fingerprint density at radius 1 is 1.30 bits per heavy atom. The van der Waals surface area contributed by atoms with Crippen molar-refractivity contribution < 1.29 is 27.6 Å². The molecule has 11 heteroatoms. The molecule has 1 N–H and O–H groups in total. The molecule has 27 heavy (non-hydrogen) atoms. The Morgan fingerprint density at radius 2 is 1.93 bits per heavy atom. The molecule has 1 aromatic carbocycles. The zero-order valence-electron chi connectivity index (χ0n) is 13.9. The maximum atomic E-state index is 12.7. The quantitative estimate of drug-likeness (QED) is 0.629. The second kappa shape index (κ2) is 7.89. The molecular weight excluding hydrogens is 371 g/mol. The Morgan fingerprint density at radius 3 is 2.48 bits per heavy atom. The van der Waals surface area contributed by atoms with Crippen molar-refractivity contribution >= 4 is 17.5 Å². The number of amides is 1. The summed E-state index contributed by atoms with van der Waals surface area (Å²) in [7, 11) is 1.38. The summed E-state index contributed by atoms with van der Waals surface area (Å²) in [6.45, 7) is -0.223. The number of rotatable bonds is 5. The number of H-pyrrole nitrogens is 1. The second-order valence-corrected chi connectivity index (χ2v) is 5.45. The average molecular weight is 385 g/mol. The van der Waals surface area contributed by atoms with Gasteiger partial charge < -0.3 is 9.72 Å². The molecule has 0 spiro atoms. The van der Waals surface area contributed by atoms with Crippen molar-refractivity contribution in [2.75, 3.05) is 18.6 Å². The number of alkyl halides is 3. The predicted molar refractivity (Wildman–Crippen MR) is 88.6 cm³/mol. The minimum Gasteiger partial charge on any atom is -0.449 e. The number of hydrogen-bond acceptors (Lipinski definition) is 5. The van der Waals surface area contributed by atoms with E-state index in [9.17, 15) is 32.9 Å². The largest absolute Gasteiger partial charge is 0.449 e. The van der Waals surface area contributed by atoms with Crippen LogP contribution in [-0.2, 0) is 17.3 Å². The van der Waals surface area contributed by atoms with Gasteiger partial charge in [-0.1, -0.05) is 0 Å². The lowest BCUT2D eigenvalue weighted by molar-refractivity contribution is -0.384. The van der Waals surface area contributed by atoms with Gasteiger partial charge in [-0.25, -0.2) is 4.79 Å². The summed E-state index contributed by atoms with van der Waals surface area (Å²) in [6.07, 6.45) is -4.49. The van der Waals surface area contributed by atoms with Gasteiger partial charge in [0.25, 0.3) is 11.2 Å². The van der Waals surface area contributed by atoms with E-state index in [1.807, 2.05) is 4.98 Å². The van der Waals surface area contributed by atoms with Crippen LogP contribution in [0.4, 0.5) is 29.3 Å². The van der Waals surface area contributed by atoms with Crippen molar-refractivity contribution in [2.45, 2.75) is 12.6 Å². The van der Waals surface area contributed by atoms with Crippen molar-refractivity contribution in [3.05, 3.63) is 68.1 Å². The third-order valence-electron chi connectivity index (χ3n) is 3.61. The number of non-ortho nitro benzene ring substituents is 1. The number of nitro benzene ring substituents is 1. The van der Waals surface area contributed by atoms with Gasteiger partial charge in [-0.15, -0.1) is 0 Å². The Balaban J connectivity index is 1.96. The molecule has 1 heterocycles. The summed E-state index contributed by atoms with van der Waals surface area (Å²) >= 11 is 0. The van der Waals surface area contributed by atoms with Gasteiger partial charge in [-0.05, 0) is 23.8 Å². The number of ether oxygens (including phenoxy) is 1. The number of benzene rings is 1. The number of nitrogens with one attached hydrogen (secondary N) is 1. The maximum absolute atomic E-state index is 12.7. The van der Waals surface area contributed by atoms with E-state index in [0.29, 0.717) is 11.8 Å². The number of carbonyl (C=O) groups is 1. The summed E-state index contributed by atoms with van der Waals surface area (Å²) in [4.78, 5) is 36.3. The van der Waals surface area contributed by atoms with E-state index in [4.69, 9.17) is 4.74 Å². The summed E-state index contributed by atoms with van der Waals surface area (Å²) in [5, 5.41) is 10.6. The van der Waals surface area contributed by atoms with E-state index in [1.165, 1.54) is 31.3 Å². The number of nitrogens with zero attached hydrogens (tertiary/aromatic N) is 2. The lowest BCUT2D eigenvalue weighted by atomic mass is 10.1. The minimum absolute atomic E-state index is 0.0420. The van der Waals surface area contributed by atoms with Gasteiger partial charge in [-0.3, -0.25) is 19.8 Å². The first-order chi connectivity index (χ1) is 12.6. The number of aromatic nitrogens is 1. The van der Waals surface area contributed by atoms with Gasteiger partial charge in [0.05, 0.1) is 11.5 Å². The second-order valence-electron chi connectivity index (χ2n) is 5.45. The third-order valence-corrected chi connectivity index (χ3v) is 3.61. The fraction of sp³-hybridized carbons (Fsp3) is 0.250. The highest BCUT2D eigenvalue weighted by Crippen LogP contribution is 2.26. The van der Waals surface area contributed by atoms with Crippen molar-refractivity contribution in [3.63, 3.8) is 0 Å². The number of aromatic amines is 1. The molecule has 0 atom stereocenters. The monoisotopic (exact) mass is 385 g/mol. The van der Waals surface area contributed by atoms with Crippen LogP contribution in [0.25, 0.3) is 0 Å². The van der Waals surface area contributed by atoms with Gasteiger partial charge in [0, 0.05) is 37.5 Å². The number of anilines is 1. The van der Waals surface area contributed by atoms with Gasteiger partial charge >= 0.3 is 12.3 Å². The van der Waals surface area contributed by atoms with Crippen molar-refractivity contribution in [1.82, 2.24) is 4.98 Å². The number of nitro groups is 1. The van der Waals surface area contributed by atoms with Crippen LogP contribution in [0.1, 0.15) is 11.1 Å². The molecule has 0 aliphatic heterocycles. The van der Waals surface area contributed by atoms with Crippen LogP contribution in [0.3, 0.4) is 0 Å². The van der Waals surface area contributed by atoms with E-state index in [0.717, 1.165) is 11.1 Å². The summed E-state index contributed by atoms with van der Waals surface area (Å²) in [5.41, 5.74) is -2.23. The van der Waals surface area contributed by atoms with Gasteiger partial charge in [0.15, 0.2) is 0 Å². The highest BCUT2D eigenvalue weighted by Gasteiger charge is 2.34. The van der Waals surface area contributed by atoms with Gasteiger partial charge in [-0.2, -0.15) is 13.2 Å². The van der Waals surface area contributed by atoms with Crippen LogP contribution in [0.15, 0.2) is 41.3 Å². The zero-order chi connectivity index (χ0) is 20.2. The molecule has 0 aliphatic carbocycles. The maximum Gasteiger partial charge on any atom is 0.421 e. The van der Waals surface area contributed by atoms with Gasteiger partial charge in [0.2, 0.25) is 0 Å². The smallest absolute Gasteiger partial charge is 0.421 e. The molecule has 0 bridgehead atoms. The van der Waals surface area contributed by atoms with Crippen LogP contribution in [0, 0.1) is 10.1 Å². The normalized spacial score (nSPS) is 11.1. The van der Waals surface area contributed by atoms with Crippen LogP contribution >= 0.6 is 0 Å². The zero-order valence-corrected chi connectivity index (χ0v) is 13.9. The summed E-state index contributed by atoms with van der Waals surface area (Å²) in [6, 6.07) is 5.86. The standard InChI is InChI=1S/C16H14F3N3O5/c1-21(11-2-4-12(5-3-11)22(25)26)15(24)27-7-6-10-8-13(16(17,18)19)14(23)20-9-10/h2-5,8-9H,6-7H2,1H3,(H,20,23). The van der Waals surface area contributed by atoms with Crippen molar-refractivity contribution in [1.29, 1.82) is 0 Å². The average Bonchev–Trinajstić information content (AvgIpc) is 2.61. The van der Waals surface area contributed by atoms with Crippen LogP contribution in [0.5, 0.6) is 0 Å². The first kappa shape index (κ1) is 19.9. The number of halogens is 3. The predicted octanol–water partition coefficient (Wildman–Crippen LogP) is 3.12. The number of carbonyl (C=O) groups excluding carboxylic acids is 1. The van der Waals surface area contributed by atoms with Crippen LogP contribution < -0.4 is 10.5 Å². The van der Waals surface area contributed by atoms with E-state index in [-0.39, 0.29) is 24.3 Å².